The lowest BCUT2D eigenvalue weighted by Gasteiger charge is -2.36. The van der Waals surface area contributed by atoms with Gasteiger partial charge in [0, 0.05) is 23.5 Å². The third-order valence-corrected chi connectivity index (χ3v) is 8.12. The number of hydrogen-bond donors (Lipinski definition) is 2. The van der Waals surface area contributed by atoms with Crippen LogP contribution in [0.25, 0.3) is 11.3 Å². The zero-order valence-corrected chi connectivity index (χ0v) is 21.8. The molecular formula is C25H36F3N3O3S. The van der Waals surface area contributed by atoms with E-state index < -0.39 is 33.5 Å². The van der Waals surface area contributed by atoms with E-state index in [2.05, 4.69) is 0 Å². The number of primary sulfonamides is 1. The number of hydrogen-bond acceptors (Lipinski definition) is 4. The number of halogens is 3. The topological polar surface area (TPSA) is 88.6 Å². The zero-order valence-electron chi connectivity index (χ0n) is 21.0. The molecule has 0 amide bonds. The number of aromatic nitrogens is 1. The van der Waals surface area contributed by atoms with E-state index in [1.54, 1.807) is 23.4 Å². The lowest BCUT2D eigenvalue weighted by Crippen LogP contribution is -2.40. The summed E-state index contributed by atoms with van der Waals surface area (Å²) in [4.78, 5) is 1.48. The van der Waals surface area contributed by atoms with E-state index in [1.165, 1.54) is 12.1 Å². The molecule has 1 saturated carbocycles. The highest BCUT2D eigenvalue weighted by atomic mass is 32.2. The van der Waals surface area contributed by atoms with Gasteiger partial charge in [0.15, 0.2) is 0 Å². The van der Waals surface area contributed by atoms with Crippen molar-refractivity contribution in [3.05, 3.63) is 41.1 Å². The van der Waals surface area contributed by atoms with Gasteiger partial charge in [-0.25, -0.2) is 13.6 Å². The van der Waals surface area contributed by atoms with E-state index in [-0.39, 0.29) is 16.0 Å². The fraction of sp³-hybridized carbons (Fsp3) is 0.600. The van der Waals surface area contributed by atoms with E-state index in [4.69, 9.17) is 5.14 Å². The Bertz CT molecular complexity index is 1160. The number of aliphatic hydroxyl groups is 1. The molecule has 1 unspecified atom stereocenters. The molecule has 2 aromatic rings. The van der Waals surface area contributed by atoms with Crippen LogP contribution in [0.3, 0.4) is 0 Å². The predicted molar refractivity (Wildman–Crippen MR) is 130 cm³/mol. The molecule has 1 aliphatic rings. The molecule has 1 fully saturated rings. The second-order valence-electron chi connectivity index (χ2n) is 10.6. The fourth-order valence-corrected chi connectivity index (χ4v) is 5.51. The molecular weight excluding hydrogens is 479 g/mol. The van der Waals surface area contributed by atoms with Crippen LogP contribution in [0, 0.1) is 12.8 Å². The van der Waals surface area contributed by atoms with E-state index in [0.717, 1.165) is 44.2 Å². The van der Waals surface area contributed by atoms with Crippen molar-refractivity contribution < 1.29 is 26.7 Å². The smallest absolute Gasteiger partial charge is 0.374 e. The lowest BCUT2D eigenvalue weighted by molar-refractivity contribution is -0.137. The van der Waals surface area contributed by atoms with Crippen molar-refractivity contribution in [2.45, 2.75) is 89.2 Å². The first-order chi connectivity index (χ1) is 16.0. The van der Waals surface area contributed by atoms with E-state index in [0.29, 0.717) is 23.9 Å². The van der Waals surface area contributed by atoms with Crippen molar-refractivity contribution in [2.75, 3.05) is 7.05 Å². The Labute approximate surface area is 206 Å². The predicted octanol–water partition coefficient (Wildman–Crippen LogP) is 5.43. The Balaban J connectivity index is 2.22. The molecule has 35 heavy (non-hydrogen) atoms. The third kappa shape index (κ3) is 6.28. The van der Waals surface area contributed by atoms with Gasteiger partial charge < -0.3 is 9.67 Å². The molecule has 1 aromatic heterocycles. The van der Waals surface area contributed by atoms with Crippen molar-refractivity contribution in [1.29, 1.82) is 0 Å². The minimum atomic E-state index is -4.65. The highest BCUT2D eigenvalue weighted by Crippen LogP contribution is 2.38. The second kappa shape index (κ2) is 9.88. The largest absolute Gasteiger partial charge is 0.416 e. The zero-order chi connectivity index (χ0) is 26.3. The minimum absolute atomic E-state index is 0.0764. The molecule has 0 bridgehead atoms. The van der Waals surface area contributed by atoms with Gasteiger partial charge in [-0.2, -0.15) is 13.2 Å². The molecule has 6 nitrogen and oxygen atoms in total. The Kier molecular flexibility index (Phi) is 7.82. The Hall–Kier alpha value is -1.88. The Morgan fingerprint density at radius 3 is 2.23 bits per heavy atom. The summed E-state index contributed by atoms with van der Waals surface area (Å²) < 4.78 is 68.0. The molecule has 1 aliphatic carbocycles. The first-order valence-electron chi connectivity index (χ1n) is 11.9. The molecule has 196 valence electrons. The van der Waals surface area contributed by atoms with E-state index in [9.17, 15) is 26.7 Å². The van der Waals surface area contributed by atoms with Gasteiger partial charge in [0.1, 0.15) is 11.1 Å². The maximum absolute atomic E-state index is 13.9. The fourth-order valence-electron chi connectivity index (χ4n) is 4.71. The number of nitrogens with zero attached hydrogens (tertiary/aromatic N) is 2. The summed E-state index contributed by atoms with van der Waals surface area (Å²) in [5.41, 5.74) is -0.412. The van der Waals surface area contributed by atoms with Gasteiger partial charge in [-0.1, -0.05) is 19.3 Å². The van der Waals surface area contributed by atoms with E-state index >= 15 is 0 Å². The van der Waals surface area contributed by atoms with Crippen LogP contribution >= 0.6 is 0 Å². The van der Waals surface area contributed by atoms with Gasteiger partial charge in [0.2, 0.25) is 10.0 Å². The summed E-state index contributed by atoms with van der Waals surface area (Å²) in [6.07, 6.45) is -0.703. The summed E-state index contributed by atoms with van der Waals surface area (Å²) >= 11 is 0. The molecule has 1 heterocycles. The molecule has 3 N–H and O–H groups in total. The van der Waals surface area contributed by atoms with Gasteiger partial charge in [0.05, 0.1) is 5.56 Å². The summed E-state index contributed by atoms with van der Waals surface area (Å²) in [7, 11) is -2.44. The van der Waals surface area contributed by atoms with Crippen LogP contribution < -0.4 is 5.14 Å². The van der Waals surface area contributed by atoms with Crippen LogP contribution in [0.2, 0.25) is 0 Å². The summed E-state index contributed by atoms with van der Waals surface area (Å²) in [6, 6.07) is 4.80. The number of aliphatic hydroxyl groups excluding tert-OH is 1. The van der Waals surface area contributed by atoms with Crippen LogP contribution in [-0.2, 0) is 22.7 Å². The number of benzene rings is 1. The Morgan fingerprint density at radius 2 is 1.71 bits per heavy atom. The first kappa shape index (κ1) is 27.7. The number of nitrogens with two attached hydrogens (primary N) is 1. The van der Waals surface area contributed by atoms with Gasteiger partial charge >= 0.3 is 6.18 Å². The minimum Gasteiger partial charge on any atom is -0.374 e. The number of sulfonamides is 1. The van der Waals surface area contributed by atoms with Crippen LogP contribution in [0.15, 0.2) is 29.2 Å². The summed E-state index contributed by atoms with van der Waals surface area (Å²) in [5, 5.41) is 16.4. The molecule has 3 rings (SSSR count). The van der Waals surface area contributed by atoms with Gasteiger partial charge in [-0.15, -0.1) is 0 Å². The standard InChI is InChI=1S/C25H36F3N3O3S/c1-16-22(35(29,33)34)14-21(31(16)15-17-9-7-6-8-10-17)18-11-19(13-20(12-18)25(26,27)28)23(32)30(5)24(2,3)4/h11-14,17,23,32H,6-10,15H2,1-5H3,(H2,29,33,34). The highest BCUT2D eigenvalue weighted by Gasteiger charge is 2.34. The van der Waals surface area contributed by atoms with Gasteiger partial charge in [-0.3, -0.25) is 4.90 Å². The molecule has 0 saturated heterocycles. The van der Waals surface area contributed by atoms with Crippen molar-refractivity contribution in [3.8, 4) is 11.3 Å². The summed E-state index contributed by atoms with van der Waals surface area (Å²) in [5.74, 6) is 0.296. The molecule has 1 aromatic carbocycles. The van der Waals surface area contributed by atoms with Crippen LogP contribution in [0.5, 0.6) is 0 Å². The average molecular weight is 516 g/mol. The molecule has 0 aliphatic heterocycles. The van der Waals surface area contributed by atoms with Crippen LogP contribution in [-0.4, -0.2) is 35.6 Å². The van der Waals surface area contributed by atoms with Crippen molar-refractivity contribution in [1.82, 2.24) is 9.47 Å². The SMILES string of the molecule is Cc1c(S(N)(=O)=O)cc(-c2cc(C(O)N(C)C(C)(C)C)cc(C(F)(F)F)c2)n1CC1CCCCC1. The van der Waals surface area contributed by atoms with Gasteiger partial charge in [-0.05, 0) is 88.9 Å². The van der Waals surface area contributed by atoms with Crippen molar-refractivity contribution in [3.63, 3.8) is 0 Å². The van der Waals surface area contributed by atoms with Crippen molar-refractivity contribution in [2.24, 2.45) is 11.1 Å². The molecule has 0 radical (unpaired) electrons. The second-order valence-corrected chi connectivity index (χ2v) is 12.2. The number of alkyl halides is 3. The van der Waals surface area contributed by atoms with Gasteiger partial charge in [0.25, 0.3) is 0 Å². The Morgan fingerprint density at radius 1 is 1.11 bits per heavy atom. The van der Waals surface area contributed by atoms with Crippen LogP contribution in [0.4, 0.5) is 13.2 Å². The molecule has 0 spiro atoms. The number of rotatable bonds is 6. The van der Waals surface area contributed by atoms with Crippen LogP contribution in [0.1, 0.15) is 75.9 Å². The third-order valence-electron chi connectivity index (χ3n) is 7.09. The van der Waals surface area contributed by atoms with E-state index in [1.807, 2.05) is 20.8 Å². The lowest BCUT2D eigenvalue weighted by atomic mass is 9.89. The molecule has 1 atom stereocenters. The highest BCUT2D eigenvalue weighted by molar-refractivity contribution is 7.89. The maximum Gasteiger partial charge on any atom is 0.416 e. The monoisotopic (exact) mass is 515 g/mol. The summed E-state index contributed by atoms with van der Waals surface area (Å²) in [6.45, 7) is 7.67. The average Bonchev–Trinajstić information content (AvgIpc) is 3.08. The maximum atomic E-state index is 13.9. The quantitative estimate of drug-likeness (QED) is 0.502. The molecule has 10 heteroatoms. The first-order valence-corrected chi connectivity index (χ1v) is 13.4. The van der Waals surface area contributed by atoms with Crippen molar-refractivity contribution >= 4 is 10.0 Å². The normalized spacial score (nSPS) is 17.2.